The maximum atomic E-state index is 12.8. The average Bonchev–Trinajstić information content (AvgIpc) is 2.93. The number of aryl methyl sites for hydroxylation is 2. The van der Waals surface area contributed by atoms with Gasteiger partial charge in [-0.05, 0) is 31.9 Å². The number of aromatic nitrogens is 4. The molecule has 2 aliphatic heterocycles. The summed E-state index contributed by atoms with van der Waals surface area (Å²) in [6.45, 7) is 5.87. The largest absolute Gasteiger partial charge is 0.355 e. The Morgan fingerprint density at radius 3 is 1.86 bits per heavy atom. The molecule has 29 heavy (non-hydrogen) atoms. The van der Waals surface area contributed by atoms with Crippen molar-refractivity contribution in [2.24, 2.45) is 7.05 Å². The van der Waals surface area contributed by atoms with Gasteiger partial charge in [0.2, 0.25) is 0 Å². The Morgan fingerprint density at radius 2 is 1.38 bits per heavy atom. The lowest BCUT2D eigenvalue weighted by Gasteiger charge is -2.34. The molecule has 0 radical (unpaired) electrons. The minimum absolute atomic E-state index is 0.118. The smallest absolute Gasteiger partial charge is 0.262 e. The van der Waals surface area contributed by atoms with Crippen molar-refractivity contribution in [1.82, 2.24) is 24.1 Å². The number of imidazole rings is 1. The van der Waals surface area contributed by atoms with Crippen molar-refractivity contribution in [3.8, 4) is 0 Å². The zero-order valence-corrected chi connectivity index (χ0v) is 18.0. The second-order valence-electron chi connectivity index (χ2n) is 7.78. The van der Waals surface area contributed by atoms with Gasteiger partial charge in [0.05, 0.1) is 0 Å². The highest BCUT2D eigenvalue weighted by molar-refractivity contribution is 7.89. The predicted octanol–water partition coefficient (Wildman–Crippen LogP) is 1.41. The van der Waals surface area contributed by atoms with Gasteiger partial charge < -0.3 is 14.4 Å². The van der Waals surface area contributed by atoms with Crippen LogP contribution in [-0.2, 0) is 17.1 Å². The molecule has 0 aliphatic carbocycles. The number of sulfonamides is 1. The lowest BCUT2D eigenvalue weighted by Crippen LogP contribution is -2.49. The second kappa shape index (κ2) is 8.27. The summed E-state index contributed by atoms with van der Waals surface area (Å²) in [6.07, 6.45) is 6.55. The highest BCUT2D eigenvalue weighted by atomic mass is 32.2. The van der Waals surface area contributed by atoms with Gasteiger partial charge in [0.1, 0.15) is 5.82 Å². The summed E-state index contributed by atoms with van der Waals surface area (Å²) in [4.78, 5) is 8.59. The van der Waals surface area contributed by atoms with Crippen LogP contribution in [0.5, 0.6) is 0 Å². The van der Waals surface area contributed by atoms with Gasteiger partial charge >= 0.3 is 0 Å². The van der Waals surface area contributed by atoms with Crippen molar-refractivity contribution >= 4 is 21.7 Å². The van der Waals surface area contributed by atoms with Crippen LogP contribution in [0.4, 0.5) is 11.6 Å². The van der Waals surface area contributed by atoms with Crippen LogP contribution in [0.15, 0.2) is 23.4 Å². The summed E-state index contributed by atoms with van der Waals surface area (Å²) in [6, 6.07) is 4.03. The van der Waals surface area contributed by atoms with Gasteiger partial charge in [-0.3, -0.25) is 0 Å². The molecule has 0 aromatic carbocycles. The Balaban J connectivity index is 1.39. The van der Waals surface area contributed by atoms with Crippen molar-refractivity contribution in [3.63, 3.8) is 0 Å². The normalized spacial score (nSPS) is 19.4. The van der Waals surface area contributed by atoms with Gasteiger partial charge in [0.25, 0.3) is 10.0 Å². The van der Waals surface area contributed by atoms with Crippen molar-refractivity contribution < 1.29 is 8.42 Å². The van der Waals surface area contributed by atoms with E-state index >= 15 is 0 Å². The fraction of sp³-hybridized carbons (Fsp3) is 0.632. The molecule has 2 aromatic rings. The number of rotatable bonds is 4. The molecule has 2 fully saturated rings. The molecule has 2 aliphatic rings. The Morgan fingerprint density at radius 1 is 0.828 bits per heavy atom. The van der Waals surface area contributed by atoms with E-state index < -0.39 is 10.0 Å². The Kier molecular flexibility index (Phi) is 5.73. The van der Waals surface area contributed by atoms with Crippen LogP contribution in [0.3, 0.4) is 0 Å². The van der Waals surface area contributed by atoms with E-state index in [0.717, 1.165) is 24.7 Å². The van der Waals surface area contributed by atoms with Gasteiger partial charge in [-0.1, -0.05) is 12.8 Å². The molecule has 9 nitrogen and oxygen atoms in total. The van der Waals surface area contributed by atoms with E-state index in [1.54, 1.807) is 24.7 Å². The third-order valence-electron chi connectivity index (χ3n) is 5.82. The molecule has 4 rings (SSSR count). The fourth-order valence-electron chi connectivity index (χ4n) is 3.90. The Bertz CT molecular complexity index is 906. The van der Waals surface area contributed by atoms with Gasteiger partial charge in [-0.15, -0.1) is 10.2 Å². The van der Waals surface area contributed by atoms with E-state index in [-0.39, 0.29) is 5.03 Å². The predicted molar refractivity (Wildman–Crippen MR) is 112 cm³/mol. The maximum Gasteiger partial charge on any atom is 0.262 e. The van der Waals surface area contributed by atoms with Gasteiger partial charge in [0, 0.05) is 52.5 Å². The monoisotopic (exact) mass is 419 g/mol. The number of hydrogen-bond acceptors (Lipinski definition) is 7. The zero-order valence-electron chi connectivity index (χ0n) is 17.2. The Labute approximate surface area is 172 Å². The highest BCUT2D eigenvalue weighted by Crippen LogP contribution is 2.22. The first-order chi connectivity index (χ1) is 13.9. The average molecular weight is 420 g/mol. The molecule has 158 valence electrons. The summed E-state index contributed by atoms with van der Waals surface area (Å²) in [5.41, 5.74) is 0. The van der Waals surface area contributed by atoms with Gasteiger partial charge in [-0.2, -0.15) is 4.31 Å². The molecular formula is C19H29N7O2S. The van der Waals surface area contributed by atoms with E-state index in [2.05, 4.69) is 25.0 Å². The van der Waals surface area contributed by atoms with Crippen molar-refractivity contribution in [1.29, 1.82) is 0 Å². The molecule has 0 N–H and O–H groups in total. The third kappa shape index (κ3) is 4.23. The van der Waals surface area contributed by atoms with Crippen LogP contribution >= 0.6 is 0 Å². The van der Waals surface area contributed by atoms with E-state index in [1.807, 2.05) is 12.1 Å². The van der Waals surface area contributed by atoms with Crippen LogP contribution in [0.25, 0.3) is 0 Å². The summed E-state index contributed by atoms with van der Waals surface area (Å²) in [7, 11) is -1.76. The minimum Gasteiger partial charge on any atom is -0.355 e. The molecule has 2 aromatic heterocycles. The quantitative estimate of drug-likeness (QED) is 0.740. The molecular weight excluding hydrogens is 390 g/mol. The third-order valence-corrected chi connectivity index (χ3v) is 7.59. The molecule has 0 bridgehead atoms. The maximum absolute atomic E-state index is 12.8. The lowest BCUT2D eigenvalue weighted by atomic mass is 10.2. The molecule has 0 spiro atoms. The summed E-state index contributed by atoms with van der Waals surface area (Å²) >= 11 is 0. The minimum atomic E-state index is -3.56. The first-order valence-electron chi connectivity index (χ1n) is 10.3. The van der Waals surface area contributed by atoms with Crippen molar-refractivity contribution in [3.05, 3.63) is 24.2 Å². The summed E-state index contributed by atoms with van der Waals surface area (Å²) < 4.78 is 28.9. The van der Waals surface area contributed by atoms with Crippen molar-refractivity contribution in [2.75, 3.05) is 49.1 Å². The number of nitrogens with zero attached hydrogens (tertiary/aromatic N) is 7. The van der Waals surface area contributed by atoms with Crippen LogP contribution in [0.2, 0.25) is 0 Å². The number of hydrogen-bond donors (Lipinski definition) is 0. The molecule has 0 saturated carbocycles. The topological polar surface area (TPSA) is 87.5 Å². The number of piperazine rings is 1. The van der Waals surface area contributed by atoms with Crippen LogP contribution < -0.4 is 9.80 Å². The van der Waals surface area contributed by atoms with Gasteiger partial charge in [0.15, 0.2) is 16.7 Å². The zero-order chi connectivity index (χ0) is 20.4. The van der Waals surface area contributed by atoms with Crippen LogP contribution in [-0.4, -0.2) is 71.7 Å². The first-order valence-corrected chi connectivity index (χ1v) is 11.7. The van der Waals surface area contributed by atoms with Crippen LogP contribution in [0, 0.1) is 6.92 Å². The summed E-state index contributed by atoms with van der Waals surface area (Å²) in [5.74, 6) is 2.42. The standard InChI is InChI=1S/C19H29N7O2S/c1-16-20-19(15-23(16)2)29(27,28)26-13-11-25(12-14-26)18-8-7-17(21-22-18)24-9-5-3-4-6-10-24/h7-8,15H,3-6,9-14H2,1-2H3. The summed E-state index contributed by atoms with van der Waals surface area (Å²) in [5, 5.41) is 8.97. The Hall–Kier alpha value is -2.20. The molecule has 2 saturated heterocycles. The van der Waals surface area contributed by atoms with Gasteiger partial charge in [-0.25, -0.2) is 13.4 Å². The highest BCUT2D eigenvalue weighted by Gasteiger charge is 2.31. The molecule has 0 unspecified atom stereocenters. The van der Waals surface area contributed by atoms with Crippen LogP contribution in [0.1, 0.15) is 31.5 Å². The molecule has 0 atom stereocenters. The van der Waals surface area contributed by atoms with Crippen molar-refractivity contribution in [2.45, 2.75) is 37.6 Å². The molecule has 0 amide bonds. The lowest BCUT2D eigenvalue weighted by molar-refractivity contribution is 0.382. The SMILES string of the molecule is Cc1nc(S(=O)(=O)N2CCN(c3ccc(N4CCCCCC4)nn3)CC2)cn1C. The second-order valence-corrected chi connectivity index (χ2v) is 9.66. The molecule has 10 heteroatoms. The van der Waals surface area contributed by atoms with E-state index in [4.69, 9.17) is 0 Å². The number of anilines is 2. The van der Waals surface area contributed by atoms with E-state index in [1.165, 1.54) is 30.0 Å². The van der Waals surface area contributed by atoms with E-state index in [9.17, 15) is 8.42 Å². The first kappa shape index (κ1) is 20.1. The van der Waals surface area contributed by atoms with E-state index in [0.29, 0.717) is 32.0 Å². The fourth-order valence-corrected chi connectivity index (χ4v) is 5.34. The molecule has 4 heterocycles.